The summed E-state index contributed by atoms with van der Waals surface area (Å²) in [5.74, 6) is 0.944. The van der Waals surface area contributed by atoms with E-state index in [9.17, 15) is 0 Å². The quantitative estimate of drug-likeness (QED) is 0.402. The third kappa shape index (κ3) is 5.43. The van der Waals surface area contributed by atoms with Gasteiger partial charge in [0.25, 0.3) is 0 Å². The lowest BCUT2D eigenvalue weighted by Crippen LogP contribution is -2.42. The predicted molar refractivity (Wildman–Crippen MR) is 141 cm³/mol. The van der Waals surface area contributed by atoms with Gasteiger partial charge >= 0.3 is 0 Å². The Morgan fingerprint density at radius 1 is 1.03 bits per heavy atom. The second-order valence-electron chi connectivity index (χ2n) is 8.69. The van der Waals surface area contributed by atoms with Crippen LogP contribution >= 0.6 is 23.8 Å². The van der Waals surface area contributed by atoms with Crippen LogP contribution in [0.15, 0.2) is 48.5 Å². The van der Waals surface area contributed by atoms with Crippen LogP contribution in [0.4, 0.5) is 17.2 Å². The average molecular weight is 468 g/mol. The van der Waals surface area contributed by atoms with Crippen molar-refractivity contribution in [3.63, 3.8) is 0 Å². The number of hydrogen-bond acceptors (Lipinski definition) is 4. The van der Waals surface area contributed by atoms with Crippen molar-refractivity contribution in [2.24, 2.45) is 0 Å². The number of fused-ring (bicyclic) bond motifs is 1. The first-order chi connectivity index (χ1) is 15.4. The monoisotopic (exact) mass is 467 g/mol. The Hall–Kier alpha value is -2.57. The van der Waals surface area contributed by atoms with E-state index in [1.807, 2.05) is 31.2 Å². The van der Waals surface area contributed by atoms with Crippen molar-refractivity contribution in [1.29, 1.82) is 0 Å². The molecule has 1 aromatic heterocycles. The average Bonchev–Trinajstić information content (AvgIpc) is 2.76. The first-order valence-electron chi connectivity index (χ1n) is 11.1. The summed E-state index contributed by atoms with van der Waals surface area (Å²) >= 11 is 11.6. The molecule has 32 heavy (non-hydrogen) atoms. The van der Waals surface area contributed by atoms with Crippen molar-refractivity contribution < 1.29 is 0 Å². The summed E-state index contributed by atoms with van der Waals surface area (Å²) in [5, 5.41) is 13.0. The molecule has 1 saturated carbocycles. The molecule has 1 aliphatic rings. The van der Waals surface area contributed by atoms with Crippen LogP contribution < -0.4 is 20.9 Å². The zero-order valence-electron chi connectivity index (χ0n) is 18.8. The van der Waals surface area contributed by atoms with Crippen LogP contribution in [0, 0.1) is 6.92 Å². The number of rotatable bonds is 5. The van der Waals surface area contributed by atoms with Crippen LogP contribution in [0.3, 0.4) is 0 Å². The molecule has 1 heterocycles. The zero-order chi connectivity index (χ0) is 22.7. The molecule has 0 amide bonds. The van der Waals surface area contributed by atoms with Gasteiger partial charge in [0.15, 0.2) is 5.11 Å². The largest absolute Gasteiger partial charge is 0.377 e. The van der Waals surface area contributed by atoms with Crippen molar-refractivity contribution in [1.82, 2.24) is 10.3 Å². The Morgan fingerprint density at radius 3 is 2.47 bits per heavy atom. The molecule has 0 unspecified atom stereocenters. The van der Waals surface area contributed by atoms with Crippen LogP contribution in [-0.2, 0) is 0 Å². The number of nitrogens with one attached hydrogen (secondary N) is 3. The maximum absolute atomic E-state index is 6.04. The fourth-order valence-electron chi connectivity index (χ4n) is 4.30. The van der Waals surface area contributed by atoms with Gasteiger partial charge in [0.1, 0.15) is 5.82 Å². The van der Waals surface area contributed by atoms with Gasteiger partial charge in [-0.3, -0.25) is 0 Å². The zero-order valence-corrected chi connectivity index (χ0v) is 20.4. The van der Waals surface area contributed by atoms with Crippen molar-refractivity contribution in [3.8, 4) is 0 Å². The van der Waals surface area contributed by atoms with Crippen molar-refractivity contribution in [2.75, 3.05) is 29.6 Å². The highest BCUT2D eigenvalue weighted by Crippen LogP contribution is 2.29. The van der Waals surface area contributed by atoms with Gasteiger partial charge in [-0.1, -0.05) is 29.8 Å². The van der Waals surface area contributed by atoms with Gasteiger partial charge in [0, 0.05) is 54.0 Å². The smallest absolute Gasteiger partial charge is 0.171 e. The number of pyridine rings is 1. The Labute approximate surface area is 200 Å². The third-order valence-electron chi connectivity index (χ3n) is 6.03. The normalized spacial score (nSPS) is 18.2. The van der Waals surface area contributed by atoms with Gasteiger partial charge in [-0.05, 0) is 74.7 Å². The van der Waals surface area contributed by atoms with Crippen molar-refractivity contribution in [3.05, 3.63) is 59.1 Å². The highest BCUT2D eigenvalue weighted by Gasteiger charge is 2.22. The maximum atomic E-state index is 6.04. The summed E-state index contributed by atoms with van der Waals surface area (Å²) < 4.78 is 0. The molecular weight excluding hydrogens is 438 g/mol. The summed E-state index contributed by atoms with van der Waals surface area (Å²) in [5.41, 5.74) is 4.27. The molecule has 168 valence electrons. The molecule has 2 aromatic carbocycles. The third-order valence-corrected chi connectivity index (χ3v) is 6.48. The van der Waals surface area contributed by atoms with Gasteiger partial charge in [-0.25, -0.2) is 4.98 Å². The summed E-state index contributed by atoms with van der Waals surface area (Å²) in [6.07, 6.45) is 4.28. The van der Waals surface area contributed by atoms with Crippen LogP contribution in [0.2, 0.25) is 5.02 Å². The van der Waals surface area contributed by atoms with Gasteiger partial charge in [0.05, 0.1) is 5.52 Å². The lowest BCUT2D eigenvalue weighted by atomic mass is 9.91. The van der Waals surface area contributed by atoms with Crippen molar-refractivity contribution in [2.45, 2.75) is 44.7 Å². The van der Waals surface area contributed by atoms with Crippen LogP contribution in [0.1, 0.15) is 31.2 Å². The SMILES string of the molecule is Cc1cc(Cl)ccc1NC(=S)NC1CCC(Nc2cc(N(C)C)c3ccccc3n2)CC1. The molecule has 0 radical (unpaired) electrons. The molecule has 5 nitrogen and oxygen atoms in total. The predicted octanol–water partition coefficient (Wildman–Crippen LogP) is 5.97. The van der Waals surface area contributed by atoms with E-state index in [1.54, 1.807) is 0 Å². The van der Waals surface area contributed by atoms with E-state index in [-0.39, 0.29) is 0 Å². The molecule has 0 saturated heterocycles. The second-order valence-corrected chi connectivity index (χ2v) is 9.53. The molecule has 1 aliphatic carbocycles. The number of para-hydroxylation sites is 1. The maximum Gasteiger partial charge on any atom is 0.171 e. The lowest BCUT2D eigenvalue weighted by molar-refractivity contribution is 0.388. The molecule has 0 spiro atoms. The van der Waals surface area contributed by atoms with E-state index in [0.717, 1.165) is 53.3 Å². The fraction of sp³-hybridized carbons (Fsp3) is 0.360. The fourth-order valence-corrected chi connectivity index (χ4v) is 4.81. The Kier molecular flexibility index (Phi) is 7.01. The van der Waals surface area contributed by atoms with Crippen molar-refractivity contribution >= 4 is 57.0 Å². The number of hydrogen-bond donors (Lipinski definition) is 3. The Bertz CT molecular complexity index is 1110. The molecule has 7 heteroatoms. The number of benzene rings is 2. The summed E-state index contributed by atoms with van der Waals surface area (Å²) in [6, 6.07) is 17.0. The van der Waals surface area contributed by atoms with Gasteiger partial charge < -0.3 is 20.9 Å². The first-order valence-corrected chi connectivity index (χ1v) is 11.8. The van der Waals surface area contributed by atoms with Gasteiger partial charge in [-0.15, -0.1) is 0 Å². The lowest BCUT2D eigenvalue weighted by Gasteiger charge is -2.31. The molecule has 1 fully saturated rings. The van der Waals surface area contributed by atoms with Crippen LogP contribution in [-0.4, -0.2) is 36.3 Å². The van der Waals surface area contributed by atoms with Gasteiger partial charge in [0.2, 0.25) is 0 Å². The molecule has 0 atom stereocenters. The number of aryl methyl sites for hydroxylation is 1. The minimum atomic E-state index is 0.377. The van der Waals surface area contributed by atoms with E-state index in [2.05, 4.69) is 59.2 Å². The van der Waals surface area contributed by atoms with Crippen LogP contribution in [0.5, 0.6) is 0 Å². The van der Waals surface area contributed by atoms with E-state index < -0.39 is 0 Å². The number of thiocarbonyl (C=S) groups is 1. The van der Waals surface area contributed by atoms with E-state index >= 15 is 0 Å². The Morgan fingerprint density at radius 2 is 1.75 bits per heavy atom. The topological polar surface area (TPSA) is 52.2 Å². The standard InChI is InChI=1S/C25H30ClN5S/c1-16-14-17(26)8-13-21(16)30-25(32)28-19-11-9-18(10-12-19)27-24-15-23(31(2)3)20-6-4-5-7-22(20)29-24/h4-8,13-15,18-19H,9-12H2,1-3H3,(H,27,29)(H2,28,30,32). The minimum absolute atomic E-state index is 0.377. The summed E-state index contributed by atoms with van der Waals surface area (Å²) in [7, 11) is 4.15. The number of halogens is 1. The summed E-state index contributed by atoms with van der Waals surface area (Å²) in [4.78, 5) is 6.99. The number of nitrogens with zero attached hydrogens (tertiary/aromatic N) is 2. The molecule has 3 aromatic rings. The Balaban J connectivity index is 1.32. The molecule has 4 rings (SSSR count). The van der Waals surface area contributed by atoms with Crippen LogP contribution in [0.25, 0.3) is 10.9 Å². The van der Waals surface area contributed by atoms with E-state index in [4.69, 9.17) is 28.8 Å². The second kappa shape index (κ2) is 9.92. The molecule has 0 aliphatic heterocycles. The molecular formula is C25H30ClN5S. The van der Waals surface area contributed by atoms with E-state index in [0.29, 0.717) is 17.2 Å². The number of aromatic nitrogens is 1. The molecule has 3 N–H and O–H groups in total. The number of anilines is 3. The first kappa shape index (κ1) is 22.6. The summed E-state index contributed by atoms with van der Waals surface area (Å²) in [6.45, 7) is 2.02. The van der Waals surface area contributed by atoms with Gasteiger partial charge in [-0.2, -0.15) is 0 Å². The highest BCUT2D eigenvalue weighted by molar-refractivity contribution is 7.80. The van der Waals surface area contributed by atoms with E-state index in [1.165, 1.54) is 11.1 Å². The minimum Gasteiger partial charge on any atom is -0.377 e. The highest BCUT2D eigenvalue weighted by atomic mass is 35.5. The molecule has 0 bridgehead atoms.